The molecule has 0 saturated heterocycles. The minimum atomic E-state index is -0.829. The van der Waals surface area contributed by atoms with E-state index in [0.717, 1.165) is 33.3 Å². The number of pyridine rings is 1. The van der Waals surface area contributed by atoms with E-state index in [1.165, 1.54) is 0 Å². The monoisotopic (exact) mass is 379 g/mol. The molecule has 0 fully saturated rings. The van der Waals surface area contributed by atoms with Gasteiger partial charge in [-0.3, -0.25) is 4.98 Å². The third kappa shape index (κ3) is 1.97. The summed E-state index contributed by atoms with van der Waals surface area (Å²) in [4.78, 5) is 4.70. The number of hydrogen-bond donors (Lipinski definition) is 0. The van der Waals surface area contributed by atoms with Crippen molar-refractivity contribution in [3.05, 3.63) is 53.3 Å². The molecule has 4 heterocycles. The highest BCUT2D eigenvalue weighted by Crippen LogP contribution is 2.55. The third-order valence-corrected chi connectivity index (χ3v) is 5.59. The lowest BCUT2D eigenvalue weighted by Gasteiger charge is -2.26. The maximum atomic E-state index is 6.42. The Morgan fingerprint density at radius 1 is 1.00 bits per heavy atom. The van der Waals surface area contributed by atoms with Crippen molar-refractivity contribution in [3.63, 3.8) is 0 Å². The molecule has 0 bridgehead atoms. The lowest BCUT2D eigenvalue weighted by molar-refractivity contribution is -0.168. The minimum absolute atomic E-state index is 0.189. The second kappa shape index (κ2) is 5.50. The van der Waals surface area contributed by atoms with Gasteiger partial charge in [-0.05, 0) is 36.6 Å². The molecular formula is C21H17NO6. The molecule has 0 amide bonds. The van der Waals surface area contributed by atoms with Crippen LogP contribution in [0.15, 0.2) is 36.5 Å². The highest BCUT2D eigenvalue weighted by atomic mass is 16.7. The average Bonchev–Trinajstić information content (AvgIpc) is 3.42. The molecule has 0 spiro atoms. The minimum Gasteiger partial charge on any atom is -0.454 e. The fourth-order valence-corrected chi connectivity index (χ4v) is 4.27. The van der Waals surface area contributed by atoms with Gasteiger partial charge in [-0.2, -0.15) is 0 Å². The van der Waals surface area contributed by atoms with Crippen LogP contribution >= 0.6 is 0 Å². The zero-order chi connectivity index (χ0) is 18.9. The van der Waals surface area contributed by atoms with Crippen LogP contribution in [-0.2, 0) is 15.1 Å². The van der Waals surface area contributed by atoms with E-state index in [4.69, 9.17) is 33.4 Å². The van der Waals surface area contributed by atoms with Crippen molar-refractivity contribution in [2.75, 3.05) is 20.7 Å². The summed E-state index contributed by atoms with van der Waals surface area (Å²) < 4.78 is 34.4. The number of fused-ring (bicyclic) bond motifs is 5. The molecular weight excluding hydrogens is 362 g/mol. The predicted molar refractivity (Wildman–Crippen MR) is 97.7 cm³/mol. The quantitative estimate of drug-likeness (QED) is 0.673. The van der Waals surface area contributed by atoms with Crippen LogP contribution in [0, 0.1) is 0 Å². The van der Waals surface area contributed by atoms with E-state index in [2.05, 4.69) is 0 Å². The standard InChI is InChI=1S/C21H17NO6/c1-21(13-3-4-14-18(27-10-24-14)17(13)20(23-2)28-21)19-12-8-16-15(25-9-26-16)7-11(12)5-6-22-19/h3-8,20H,9-10H2,1-2H3/t20-,21-/m0/s1. The lowest BCUT2D eigenvalue weighted by Crippen LogP contribution is -2.25. The summed E-state index contributed by atoms with van der Waals surface area (Å²) in [5.74, 6) is 2.81. The summed E-state index contributed by atoms with van der Waals surface area (Å²) in [5.41, 5.74) is 1.74. The summed E-state index contributed by atoms with van der Waals surface area (Å²) in [7, 11) is 1.62. The number of benzene rings is 2. The normalized spacial score (nSPS) is 24.0. The van der Waals surface area contributed by atoms with Crippen molar-refractivity contribution < 1.29 is 28.4 Å². The second-order valence-corrected chi connectivity index (χ2v) is 7.07. The van der Waals surface area contributed by atoms with Crippen LogP contribution in [0.25, 0.3) is 10.8 Å². The van der Waals surface area contributed by atoms with Crippen LogP contribution in [0.5, 0.6) is 23.0 Å². The third-order valence-electron chi connectivity index (χ3n) is 5.59. The summed E-state index contributed by atoms with van der Waals surface area (Å²) in [6.07, 6.45) is 1.20. The number of nitrogens with zero attached hydrogens (tertiary/aromatic N) is 1. The van der Waals surface area contributed by atoms with E-state index in [-0.39, 0.29) is 13.6 Å². The van der Waals surface area contributed by atoms with E-state index >= 15 is 0 Å². The first-order valence-electron chi connectivity index (χ1n) is 9.01. The largest absolute Gasteiger partial charge is 0.454 e. The van der Waals surface area contributed by atoms with E-state index < -0.39 is 11.9 Å². The summed E-state index contributed by atoms with van der Waals surface area (Å²) >= 11 is 0. The highest BCUT2D eigenvalue weighted by Gasteiger charge is 2.48. The SMILES string of the molecule is CO[C@H]1O[C@](C)(c2nccc3cc4c(cc23)OCO4)c2ccc3c(c21)OCO3. The Morgan fingerprint density at radius 3 is 2.64 bits per heavy atom. The van der Waals surface area contributed by atoms with Gasteiger partial charge < -0.3 is 28.4 Å². The van der Waals surface area contributed by atoms with Crippen molar-refractivity contribution in [3.8, 4) is 23.0 Å². The van der Waals surface area contributed by atoms with Crippen LogP contribution in [0.3, 0.4) is 0 Å². The molecule has 3 aliphatic heterocycles. The molecule has 6 rings (SSSR count). The number of ether oxygens (including phenoxy) is 6. The molecule has 0 radical (unpaired) electrons. The average molecular weight is 379 g/mol. The van der Waals surface area contributed by atoms with Gasteiger partial charge in [0.25, 0.3) is 0 Å². The van der Waals surface area contributed by atoms with Crippen molar-refractivity contribution in [1.29, 1.82) is 0 Å². The first kappa shape index (κ1) is 16.0. The zero-order valence-corrected chi connectivity index (χ0v) is 15.4. The molecule has 142 valence electrons. The molecule has 0 unspecified atom stereocenters. The molecule has 2 aromatic carbocycles. The first-order valence-corrected chi connectivity index (χ1v) is 9.01. The summed E-state index contributed by atoms with van der Waals surface area (Å²) in [6, 6.07) is 9.78. The highest BCUT2D eigenvalue weighted by molar-refractivity contribution is 5.89. The summed E-state index contributed by atoms with van der Waals surface area (Å²) in [5, 5.41) is 1.94. The first-order chi connectivity index (χ1) is 13.7. The topological polar surface area (TPSA) is 68.3 Å². The Kier molecular flexibility index (Phi) is 3.14. The van der Waals surface area contributed by atoms with Gasteiger partial charge in [0.1, 0.15) is 5.60 Å². The molecule has 7 heteroatoms. The van der Waals surface area contributed by atoms with Crippen LogP contribution in [-0.4, -0.2) is 25.7 Å². The molecule has 2 atom stereocenters. The molecule has 3 aromatic rings. The van der Waals surface area contributed by atoms with Crippen LogP contribution in [0.1, 0.15) is 30.0 Å². The Bertz CT molecular complexity index is 1130. The Labute approximate surface area is 160 Å². The molecule has 7 nitrogen and oxygen atoms in total. The van der Waals surface area contributed by atoms with Gasteiger partial charge in [-0.15, -0.1) is 0 Å². The fraction of sp³-hybridized carbons (Fsp3) is 0.286. The van der Waals surface area contributed by atoms with E-state index in [9.17, 15) is 0 Å². The van der Waals surface area contributed by atoms with Gasteiger partial charge in [-0.1, -0.05) is 6.07 Å². The fourth-order valence-electron chi connectivity index (χ4n) is 4.27. The van der Waals surface area contributed by atoms with Crippen LogP contribution in [0.4, 0.5) is 0 Å². The Balaban J connectivity index is 1.60. The smallest absolute Gasteiger partial charge is 0.231 e. The number of rotatable bonds is 2. The van der Waals surface area contributed by atoms with E-state index in [1.54, 1.807) is 13.3 Å². The zero-order valence-electron chi connectivity index (χ0n) is 15.4. The molecule has 3 aliphatic rings. The number of hydrogen-bond acceptors (Lipinski definition) is 7. The predicted octanol–water partition coefficient (Wildman–Crippen LogP) is 3.63. The number of aromatic nitrogens is 1. The Hall–Kier alpha value is -3.03. The maximum absolute atomic E-state index is 6.42. The number of methoxy groups -OCH3 is 1. The van der Waals surface area contributed by atoms with Gasteiger partial charge in [-0.25, -0.2) is 0 Å². The van der Waals surface area contributed by atoms with Gasteiger partial charge >= 0.3 is 0 Å². The maximum Gasteiger partial charge on any atom is 0.231 e. The second-order valence-electron chi connectivity index (χ2n) is 7.07. The van der Waals surface area contributed by atoms with Crippen molar-refractivity contribution in [1.82, 2.24) is 4.98 Å². The van der Waals surface area contributed by atoms with Crippen LogP contribution in [0.2, 0.25) is 0 Å². The van der Waals surface area contributed by atoms with Crippen molar-refractivity contribution in [2.24, 2.45) is 0 Å². The van der Waals surface area contributed by atoms with E-state index in [1.807, 2.05) is 37.3 Å². The molecule has 0 aliphatic carbocycles. The van der Waals surface area contributed by atoms with Gasteiger partial charge in [0.05, 0.1) is 11.3 Å². The molecule has 0 saturated carbocycles. The molecule has 28 heavy (non-hydrogen) atoms. The molecule has 1 aromatic heterocycles. The molecule has 0 N–H and O–H groups in total. The van der Waals surface area contributed by atoms with Gasteiger partial charge in [0, 0.05) is 24.3 Å². The van der Waals surface area contributed by atoms with Crippen LogP contribution < -0.4 is 18.9 Å². The summed E-state index contributed by atoms with van der Waals surface area (Å²) in [6.45, 7) is 2.41. The van der Waals surface area contributed by atoms with Gasteiger partial charge in [0.15, 0.2) is 29.3 Å². The Morgan fingerprint density at radius 2 is 1.79 bits per heavy atom. The van der Waals surface area contributed by atoms with Gasteiger partial charge in [0.2, 0.25) is 13.6 Å². The van der Waals surface area contributed by atoms with Crippen molar-refractivity contribution in [2.45, 2.75) is 18.8 Å². The lowest BCUT2D eigenvalue weighted by atomic mass is 9.87. The van der Waals surface area contributed by atoms with Crippen molar-refractivity contribution >= 4 is 10.8 Å². The van der Waals surface area contributed by atoms with E-state index in [0.29, 0.717) is 17.2 Å².